The zero-order valence-electron chi connectivity index (χ0n) is 26.0. The molecule has 0 atom stereocenters. The van der Waals surface area contributed by atoms with Crippen LogP contribution in [0.15, 0.2) is 42.6 Å². The molecule has 45 heavy (non-hydrogen) atoms. The van der Waals surface area contributed by atoms with Crippen molar-refractivity contribution in [2.75, 3.05) is 27.9 Å². The summed E-state index contributed by atoms with van der Waals surface area (Å²) in [7, 11) is 2.83. The van der Waals surface area contributed by atoms with Gasteiger partial charge in [0.2, 0.25) is 0 Å². The summed E-state index contributed by atoms with van der Waals surface area (Å²) < 4.78 is 78.1. The molecule has 0 bridgehead atoms. The minimum Gasteiger partial charge on any atom is -0.497 e. The fourth-order valence-electron chi connectivity index (χ4n) is 4.62. The van der Waals surface area contributed by atoms with Crippen LogP contribution in [0.1, 0.15) is 21.6 Å². The summed E-state index contributed by atoms with van der Waals surface area (Å²) in [5, 5.41) is 7.67. The number of methoxy groups -OCH3 is 3. The molecule has 1 N–H and O–H groups in total. The standard InChI is InChI=1S/C31H36F4N4O5Si/c1-41-21-8-7-19(27(12-21)42-2)16-37-30(40)29-23-17-36-25(14-26(23)39(38-29)18-44-9-10-45(4,5)6)22-13-24(32)28(43-3)11-20(22)15-31(33,34)35/h7-8,11-14,17H,9-10,15-16,18H2,1-6H3,(H,37,40). The molecule has 2 aromatic carbocycles. The number of fused-ring (bicyclic) bond motifs is 1. The number of ether oxygens (including phenoxy) is 4. The van der Waals surface area contributed by atoms with Crippen molar-refractivity contribution in [2.45, 2.75) is 51.6 Å². The largest absolute Gasteiger partial charge is 0.497 e. The van der Waals surface area contributed by atoms with E-state index < -0.39 is 32.4 Å². The first-order chi connectivity index (χ1) is 21.2. The van der Waals surface area contributed by atoms with E-state index in [9.17, 15) is 22.4 Å². The fourth-order valence-corrected chi connectivity index (χ4v) is 5.38. The van der Waals surface area contributed by atoms with Crippen molar-refractivity contribution < 1.29 is 41.3 Å². The van der Waals surface area contributed by atoms with Crippen LogP contribution in [-0.2, 0) is 24.4 Å². The average Bonchev–Trinajstić information content (AvgIpc) is 3.35. The van der Waals surface area contributed by atoms with Gasteiger partial charge in [-0.15, -0.1) is 0 Å². The lowest BCUT2D eigenvalue weighted by Gasteiger charge is -2.15. The van der Waals surface area contributed by atoms with Crippen LogP contribution < -0.4 is 19.5 Å². The molecule has 0 fully saturated rings. The Bertz CT molecular complexity index is 1670. The van der Waals surface area contributed by atoms with Gasteiger partial charge in [0.1, 0.15) is 18.2 Å². The predicted octanol–water partition coefficient (Wildman–Crippen LogP) is 6.61. The lowest BCUT2D eigenvalue weighted by atomic mass is 9.99. The van der Waals surface area contributed by atoms with E-state index in [1.165, 1.54) is 38.3 Å². The van der Waals surface area contributed by atoms with Crippen LogP contribution in [0.3, 0.4) is 0 Å². The summed E-state index contributed by atoms with van der Waals surface area (Å²) in [6.45, 7) is 7.20. The summed E-state index contributed by atoms with van der Waals surface area (Å²) in [5.41, 5.74) is 0.927. The van der Waals surface area contributed by atoms with Gasteiger partial charge in [0.15, 0.2) is 17.3 Å². The molecule has 0 unspecified atom stereocenters. The topological polar surface area (TPSA) is 96.7 Å². The smallest absolute Gasteiger partial charge is 0.393 e. The Morgan fingerprint density at radius 2 is 1.71 bits per heavy atom. The first kappa shape index (κ1) is 33.7. The highest BCUT2D eigenvalue weighted by molar-refractivity contribution is 6.76. The second-order valence-electron chi connectivity index (χ2n) is 11.6. The monoisotopic (exact) mass is 648 g/mol. The van der Waals surface area contributed by atoms with E-state index in [1.54, 1.807) is 18.2 Å². The highest BCUT2D eigenvalue weighted by atomic mass is 28.3. The van der Waals surface area contributed by atoms with E-state index in [4.69, 9.17) is 18.9 Å². The maximum atomic E-state index is 14.7. The Labute approximate surface area is 259 Å². The molecular weight excluding hydrogens is 612 g/mol. The zero-order valence-corrected chi connectivity index (χ0v) is 27.0. The summed E-state index contributed by atoms with van der Waals surface area (Å²) in [5.74, 6) is -0.544. The Hall–Kier alpha value is -4.17. The quantitative estimate of drug-likeness (QED) is 0.0990. The molecular formula is C31H36F4N4O5Si. The normalized spacial score (nSPS) is 12.0. The molecule has 4 aromatic rings. The third-order valence-corrected chi connectivity index (χ3v) is 8.74. The lowest BCUT2D eigenvalue weighted by Crippen LogP contribution is -2.24. The number of aromatic nitrogens is 3. The highest BCUT2D eigenvalue weighted by Gasteiger charge is 2.30. The molecule has 0 aliphatic heterocycles. The van der Waals surface area contributed by atoms with Crippen molar-refractivity contribution >= 4 is 24.9 Å². The van der Waals surface area contributed by atoms with Gasteiger partial charge in [0.05, 0.1) is 44.3 Å². The number of carbonyl (C=O) groups excluding carboxylic acids is 1. The number of nitrogens with one attached hydrogen (secondary N) is 1. The number of halogens is 4. The van der Waals surface area contributed by atoms with Crippen LogP contribution in [0.2, 0.25) is 25.7 Å². The van der Waals surface area contributed by atoms with Gasteiger partial charge >= 0.3 is 6.18 Å². The van der Waals surface area contributed by atoms with Crippen LogP contribution in [0.4, 0.5) is 17.6 Å². The van der Waals surface area contributed by atoms with E-state index in [-0.39, 0.29) is 41.5 Å². The Morgan fingerprint density at radius 3 is 2.36 bits per heavy atom. The third kappa shape index (κ3) is 8.51. The van der Waals surface area contributed by atoms with Crippen molar-refractivity contribution in [1.82, 2.24) is 20.1 Å². The van der Waals surface area contributed by atoms with Crippen molar-refractivity contribution in [3.05, 3.63) is 65.2 Å². The van der Waals surface area contributed by atoms with Gasteiger partial charge in [-0.1, -0.05) is 19.6 Å². The third-order valence-electron chi connectivity index (χ3n) is 7.04. The molecule has 0 radical (unpaired) electrons. The van der Waals surface area contributed by atoms with Crippen molar-refractivity contribution in [1.29, 1.82) is 0 Å². The number of carbonyl (C=O) groups is 1. The number of hydrogen-bond donors (Lipinski definition) is 1. The SMILES string of the molecule is COc1ccc(CNC(=O)c2nn(COCC[Si](C)(C)C)c3cc(-c4cc(F)c(OC)cc4CC(F)(F)F)ncc23)c(OC)c1. The number of pyridine rings is 1. The summed E-state index contributed by atoms with van der Waals surface area (Å²) in [6.07, 6.45) is -4.54. The number of amides is 1. The van der Waals surface area contributed by atoms with Crippen LogP contribution in [0, 0.1) is 5.82 Å². The van der Waals surface area contributed by atoms with E-state index in [2.05, 4.69) is 35.0 Å². The van der Waals surface area contributed by atoms with Crippen LogP contribution in [0.5, 0.6) is 17.2 Å². The zero-order chi connectivity index (χ0) is 32.9. The predicted molar refractivity (Wildman–Crippen MR) is 164 cm³/mol. The van der Waals surface area contributed by atoms with Crippen LogP contribution >= 0.6 is 0 Å². The van der Waals surface area contributed by atoms with Gasteiger partial charge in [-0.3, -0.25) is 9.78 Å². The number of benzene rings is 2. The first-order valence-electron chi connectivity index (χ1n) is 14.1. The van der Waals surface area contributed by atoms with Crippen LogP contribution in [-0.4, -0.2) is 62.9 Å². The summed E-state index contributed by atoms with van der Waals surface area (Å²) in [6, 6.07) is 9.57. The average molecular weight is 649 g/mol. The minimum absolute atomic E-state index is 0.0175. The highest BCUT2D eigenvalue weighted by Crippen LogP contribution is 2.35. The Kier molecular flexibility index (Phi) is 10.4. The van der Waals surface area contributed by atoms with E-state index >= 15 is 0 Å². The van der Waals surface area contributed by atoms with Gasteiger partial charge in [0, 0.05) is 44.6 Å². The molecule has 0 aliphatic rings. The second kappa shape index (κ2) is 13.9. The van der Waals surface area contributed by atoms with E-state index in [1.807, 2.05) is 0 Å². The summed E-state index contributed by atoms with van der Waals surface area (Å²) >= 11 is 0. The van der Waals surface area contributed by atoms with E-state index in [0.29, 0.717) is 34.6 Å². The molecule has 2 heterocycles. The molecule has 14 heteroatoms. The molecule has 242 valence electrons. The minimum atomic E-state index is -4.56. The number of nitrogens with zero attached hydrogens (tertiary/aromatic N) is 3. The van der Waals surface area contributed by atoms with Gasteiger partial charge in [-0.05, 0) is 41.9 Å². The molecule has 0 spiro atoms. The summed E-state index contributed by atoms with van der Waals surface area (Å²) in [4.78, 5) is 17.7. The van der Waals surface area contributed by atoms with Gasteiger partial charge in [-0.2, -0.15) is 18.3 Å². The van der Waals surface area contributed by atoms with Gasteiger partial charge in [0.25, 0.3) is 5.91 Å². The Morgan fingerprint density at radius 1 is 0.978 bits per heavy atom. The molecule has 2 aromatic heterocycles. The molecule has 1 amide bonds. The van der Waals surface area contributed by atoms with Gasteiger partial charge < -0.3 is 24.3 Å². The number of alkyl halides is 3. The lowest BCUT2D eigenvalue weighted by molar-refractivity contribution is -0.127. The van der Waals surface area contributed by atoms with Crippen molar-refractivity contribution in [3.63, 3.8) is 0 Å². The molecule has 0 aliphatic carbocycles. The number of rotatable bonds is 13. The first-order valence-corrected chi connectivity index (χ1v) is 17.8. The van der Waals surface area contributed by atoms with Gasteiger partial charge in [-0.25, -0.2) is 9.07 Å². The van der Waals surface area contributed by atoms with Crippen molar-refractivity contribution in [2.24, 2.45) is 0 Å². The maximum Gasteiger partial charge on any atom is 0.393 e. The molecule has 9 nitrogen and oxygen atoms in total. The molecule has 4 rings (SSSR count). The maximum absolute atomic E-state index is 14.7. The van der Waals surface area contributed by atoms with Crippen LogP contribution in [0.25, 0.3) is 22.2 Å². The Balaban J connectivity index is 1.73. The molecule has 0 saturated carbocycles. The number of hydrogen-bond acceptors (Lipinski definition) is 7. The molecule has 0 saturated heterocycles. The second-order valence-corrected chi connectivity index (χ2v) is 17.2. The van der Waals surface area contributed by atoms with Crippen molar-refractivity contribution in [3.8, 4) is 28.5 Å². The van der Waals surface area contributed by atoms with E-state index in [0.717, 1.165) is 18.2 Å². The fraction of sp³-hybridized carbons (Fsp3) is 0.387.